The lowest BCUT2D eigenvalue weighted by Gasteiger charge is -1.88. The summed E-state index contributed by atoms with van der Waals surface area (Å²) in [6.45, 7) is 0. The molecule has 0 atom stereocenters. The SMILES string of the molecule is c1n[nH]c(-c2n[nH]c(CC3CC3)n2)n1. The van der Waals surface area contributed by atoms with Crippen molar-refractivity contribution in [1.29, 1.82) is 0 Å². The molecule has 2 heterocycles. The van der Waals surface area contributed by atoms with Crippen molar-refractivity contribution in [2.24, 2.45) is 5.92 Å². The van der Waals surface area contributed by atoms with Gasteiger partial charge >= 0.3 is 0 Å². The second-order valence-electron chi connectivity index (χ2n) is 3.59. The summed E-state index contributed by atoms with van der Waals surface area (Å²) in [5.41, 5.74) is 0. The molecule has 0 aliphatic heterocycles. The van der Waals surface area contributed by atoms with Crippen LogP contribution in [0.5, 0.6) is 0 Å². The van der Waals surface area contributed by atoms with Crippen LogP contribution in [0.3, 0.4) is 0 Å². The van der Waals surface area contributed by atoms with Crippen LogP contribution in [0.1, 0.15) is 18.7 Å². The Morgan fingerprint density at radius 1 is 1.36 bits per heavy atom. The number of rotatable bonds is 3. The molecule has 1 aliphatic carbocycles. The number of hydrogen-bond acceptors (Lipinski definition) is 4. The third kappa shape index (κ3) is 1.39. The standard InChI is InChI=1S/C8H10N6/c1-2-5(1)3-6-11-8(14-12-6)7-9-4-10-13-7/h4-5H,1-3H2,(H,9,10,13)(H,11,12,14). The van der Waals surface area contributed by atoms with E-state index in [0.717, 1.165) is 18.2 Å². The first-order valence-corrected chi connectivity index (χ1v) is 4.69. The average molecular weight is 190 g/mol. The molecular formula is C8H10N6. The molecule has 0 bridgehead atoms. The summed E-state index contributed by atoms with van der Waals surface area (Å²) in [6.07, 6.45) is 5.09. The van der Waals surface area contributed by atoms with Crippen LogP contribution in [0.15, 0.2) is 6.33 Å². The van der Waals surface area contributed by atoms with Crippen LogP contribution < -0.4 is 0 Å². The Bertz CT molecular complexity index is 413. The Labute approximate surface area is 80.2 Å². The molecule has 0 aromatic carbocycles. The second kappa shape index (κ2) is 2.90. The summed E-state index contributed by atoms with van der Waals surface area (Å²) < 4.78 is 0. The highest BCUT2D eigenvalue weighted by Crippen LogP contribution is 2.31. The third-order valence-electron chi connectivity index (χ3n) is 2.34. The second-order valence-corrected chi connectivity index (χ2v) is 3.59. The van der Waals surface area contributed by atoms with Gasteiger partial charge in [-0.25, -0.2) is 9.97 Å². The van der Waals surface area contributed by atoms with Gasteiger partial charge in [0.2, 0.25) is 5.82 Å². The van der Waals surface area contributed by atoms with Crippen molar-refractivity contribution < 1.29 is 0 Å². The molecule has 6 nitrogen and oxygen atoms in total. The van der Waals surface area contributed by atoms with Crippen LogP contribution in [-0.4, -0.2) is 30.4 Å². The lowest BCUT2D eigenvalue weighted by molar-refractivity contribution is 0.774. The van der Waals surface area contributed by atoms with Crippen molar-refractivity contribution in [3.05, 3.63) is 12.2 Å². The van der Waals surface area contributed by atoms with Crippen molar-refractivity contribution in [3.63, 3.8) is 0 Å². The molecule has 1 aliphatic rings. The maximum atomic E-state index is 4.33. The Balaban J connectivity index is 1.82. The molecule has 3 rings (SSSR count). The topological polar surface area (TPSA) is 83.1 Å². The summed E-state index contributed by atoms with van der Waals surface area (Å²) >= 11 is 0. The smallest absolute Gasteiger partial charge is 0.218 e. The van der Waals surface area contributed by atoms with Gasteiger partial charge in [0.05, 0.1) is 0 Å². The van der Waals surface area contributed by atoms with Crippen LogP contribution in [0.2, 0.25) is 0 Å². The van der Waals surface area contributed by atoms with Gasteiger partial charge in [0.25, 0.3) is 0 Å². The predicted molar refractivity (Wildman–Crippen MR) is 48.2 cm³/mol. The quantitative estimate of drug-likeness (QED) is 0.740. The number of aromatic nitrogens is 6. The lowest BCUT2D eigenvalue weighted by Crippen LogP contribution is -1.89. The van der Waals surface area contributed by atoms with Crippen molar-refractivity contribution in [2.75, 3.05) is 0 Å². The molecule has 2 aromatic rings. The highest BCUT2D eigenvalue weighted by Gasteiger charge is 2.23. The average Bonchev–Trinajstić information content (AvgIpc) is 2.71. The molecular weight excluding hydrogens is 180 g/mol. The zero-order valence-corrected chi connectivity index (χ0v) is 7.56. The molecule has 0 radical (unpaired) electrons. The Kier molecular flexibility index (Phi) is 1.59. The molecule has 0 spiro atoms. The van der Waals surface area contributed by atoms with E-state index in [1.165, 1.54) is 19.2 Å². The van der Waals surface area contributed by atoms with Gasteiger partial charge in [0, 0.05) is 6.42 Å². The fraction of sp³-hybridized carbons (Fsp3) is 0.500. The van der Waals surface area contributed by atoms with E-state index in [-0.39, 0.29) is 0 Å². The van der Waals surface area contributed by atoms with Crippen molar-refractivity contribution >= 4 is 0 Å². The Morgan fingerprint density at radius 3 is 3.00 bits per heavy atom. The van der Waals surface area contributed by atoms with E-state index in [1.54, 1.807) is 0 Å². The molecule has 1 fully saturated rings. The van der Waals surface area contributed by atoms with Crippen LogP contribution in [-0.2, 0) is 6.42 Å². The lowest BCUT2D eigenvalue weighted by atomic mass is 10.3. The van der Waals surface area contributed by atoms with E-state index in [2.05, 4.69) is 30.4 Å². The zero-order chi connectivity index (χ0) is 9.38. The molecule has 2 aromatic heterocycles. The summed E-state index contributed by atoms with van der Waals surface area (Å²) in [5, 5.41) is 13.5. The molecule has 0 unspecified atom stereocenters. The molecule has 0 amide bonds. The number of hydrogen-bond donors (Lipinski definition) is 2. The largest absolute Gasteiger partial charge is 0.263 e. The van der Waals surface area contributed by atoms with E-state index in [4.69, 9.17) is 0 Å². The molecule has 2 N–H and O–H groups in total. The van der Waals surface area contributed by atoms with Gasteiger partial charge in [-0.1, -0.05) is 0 Å². The highest BCUT2D eigenvalue weighted by molar-refractivity contribution is 5.40. The highest BCUT2D eigenvalue weighted by atomic mass is 15.3. The first-order chi connectivity index (χ1) is 6.92. The maximum absolute atomic E-state index is 4.33. The minimum Gasteiger partial charge on any atom is -0.263 e. The summed E-state index contributed by atoms with van der Waals surface area (Å²) in [6, 6.07) is 0. The third-order valence-corrected chi connectivity index (χ3v) is 2.34. The van der Waals surface area contributed by atoms with Crippen molar-refractivity contribution in [3.8, 4) is 11.6 Å². The van der Waals surface area contributed by atoms with Gasteiger partial charge in [-0.2, -0.15) is 5.10 Å². The number of H-pyrrole nitrogens is 2. The van der Waals surface area contributed by atoms with Gasteiger partial charge in [0.1, 0.15) is 12.2 Å². The van der Waals surface area contributed by atoms with Gasteiger partial charge in [0.15, 0.2) is 5.82 Å². The number of nitrogens with one attached hydrogen (secondary N) is 2. The van der Waals surface area contributed by atoms with E-state index in [0.29, 0.717) is 11.6 Å². The van der Waals surface area contributed by atoms with E-state index in [1.807, 2.05) is 0 Å². The minimum atomic E-state index is 0.596. The van der Waals surface area contributed by atoms with Gasteiger partial charge in [-0.3, -0.25) is 10.2 Å². The molecule has 72 valence electrons. The predicted octanol–water partition coefficient (Wildman–Crippen LogP) is 0.542. The fourth-order valence-electron chi connectivity index (χ4n) is 1.40. The normalized spacial score (nSPS) is 16.0. The first-order valence-electron chi connectivity index (χ1n) is 4.69. The zero-order valence-electron chi connectivity index (χ0n) is 7.56. The molecule has 1 saturated carbocycles. The Hall–Kier alpha value is -1.72. The van der Waals surface area contributed by atoms with Gasteiger partial charge in [-0.05, 0) is 18.8 Å². The summed E-state index contributed by atoms with van der Waals surface area (Å²) in [5.74, 6) is 2.96. The van der Waals surface area contributed by atoms with Gasteiger partial charge < -0.3 is 0 Å². The van der Waals surface area contributed by atoms with Crippen molar-refractivity contribution in [1.82, 2.24) is 30.4 Å². The molecule has 14 heavy (non-hydrogen) atoms. The summed E-state index contributed by atoms with van der Waals surface area (Å²) in [4.78, 5) is 8.32. The summed E-state index contributed by atoms with van der Waals surface area (Å²) in [7, 11) is 0. The van der Waals surface area contributed by atoms with Crippen LogP contribution in [0.4, 0.5) is 0 Å². The number of nitrogens with zero attached hydrogens (tertiary/aromatic N) is 4. The fourth-order valence-corrected chi connectivity index (χ4v) is 1.40. The molecule has 6 heteroatoms. The van der Waals surface area contributed by atoms with E-state index < -0.39 is 0 Å². The monoisotopic (exact) mass is 190 g/mol. The molecule has 0 saturated heterocycles. The van der Waals surface area contributed by atoms with Crippen LogP contribution in [0.25, 0.3) is 11.6 Å². The van der Waals surface area contributed by atoms with E-state index >= 15 is 0 Å². The number of aromatic amines is 2. The van der Waals surface area contributed by atoms with Gasteiger partial charge in [-0.15, -0.1) is 5.10 Å². The maximum Gasteiger partial charge on any atom is 0.218 e. The minimum absolute atomic E-state index is 0.596. The van der Waals surface area contributed by atoms with Crippen LogP contribution in [0, 0.1) is 5.92 Å². The van der Waals surface area contributed by atoms with E-state index in [9.17, 15) is 0 Å². The van der Waals surface area contributed by atoms with Crippen LogP contribution >= 0.6 is 0 Å². The van der Waals surface area contributed by atoms with Crippen molar-refractivity contribution in [2.45, 2.75) is 19.3 Å². The first kappa shape index (κ1) is 7.66. The Morgan fingerprint density at radius 2 is 2.29 bits per heavy atom.